The van der Waals surface area contributed by atoms with Gasteiger partial charge >= 0.3 is 0 Å². The van der Waals surface area contributed by atoms with Crippen LogP contribution in [0.1, 0.15) is 41.2 Å². The first-order chi connectivity index (χ1) is 14.7. The molecule has 2 aromatic carbocycles. The SMILES string of the molecule is Cc1c(C)c2c(c(C)c1O)CCC(C)(COc1ccc(CC3SC(=N)NC3=N)cc1)O2. The van der Waals surface area contributed by atoms with E-state index in [-0.39, 0.29) is 5.25 Å². The summed E-state index contributed by atoms with van der Waals surface area (Å²) in [6, 6.07) is 7.94. The van der Waals surface area contributed by atoms with E-state index in [2.05, 4.69) is 12.2 Å². The van der Waals surface area contributed by atoms with E-state index in [0.29, 0.717) is 29.8 Å². The van der Waals surface area contributed by atoms with Crippen LogP contribution in [0.3, 0.4) is 0 Å². The van der Waals surface area contributed by atoms with Gasteiger partial charge in [0.1, 0.15) is 35.3 Å². The number of amidine groups is 2. The minimum absolute atomic E-state index is 0.0246. The van der Waals surface area contributed by atoms with Crippen molar-refractivity contribution >= 4 is 22.8 Å². The van der Waals surface area contributed by atoms with Gasteiger partial charge in [0.05, 0.1) is 5.25 Å². The van der Waals surface area contributed by atoms with E-state index in [4.69, 9.17) is 20.3 Å². The van der Waals surface area contributed by atoms with Crippen molar-refractivity contribution in [2.45, 2.75) is 57.8 Å². The van der Waals surface area contributed by atoms with Gasteiger partial charge < -0.3 is 19.9 Å². The van der Waals surface area contributed by atoms with Crippen LogP contribution in [0.4, 0.5) is 0 Å². The van der Waals surface area contributed by atoms with Gasteiger partial charge in [-0.1, -0.05) is 23.9 Å². The summed E-state index contributed by atoms with van der Waals surface area (Å²) in [4.78, 5) is 0. The second kappa shape index (κ2) is 8.11. The topological polar surface area (TPSA) is 98.4 Å². The van der Waals surface area contributed by atoms with Crippen LogP contribution < -0.4 is 14.8 Å². The molecule has 0 radical (unpaired) electrons. The van der Waals surface area contributed by atoms with Crippen molar-refractivity contribution in [2.24, 2.45) is 0 Å². The predicted molar refractivity (Wildman–Crippen MR) is 125 cm³/mol. The molecule has 0 amide bonds. The number of ether oxygens (including phenoxy) is 2. The minimum Gasteiger partial charge on any atom is -0.507 e. The molecule has 4 N–H and O–H groups in total. The Morgan fingerprint density at radius 3 is 2.52 bits per heavy atom. The Kier molecular flexibility index (Phi) is 5.64. The summed E-state index contributed by atoms with van der Waals surface area (Å²) in [7, 11) is 0. The van der Waals surface area contributed by atoms with Crippen molar-refractivity contribution in [3.8, 4) is 17.2 Å². The Morgan fingerprint density at radius 1 is 1.16 bits per heavy atom. The molecule has 1 fully saturated rings. The molecule has 164 valence electrons. The van der Waals surface area contributed by atoms with Crippen molar-refractivity contribution in [1.82, 2.24) is 5.32 Å². The molecule has 6 nitrogen and oxygen atoms in total. The monoisotopic (exact) mass is 439 g/mol. The molecule has 0 aliphatic carbocycles. The van der Waals surface area contributed by atoms with E-state index in [9.17, 15) is 5.11 Å². The number of phenolic OH excluding ortho intramolecular Hbond substituents is 1. The number of rotatable bonds is 5. The average molecular weight is 440 g/mol. The van der Waals surface area contributed by atoms with Crippen molar-refractivity contribution in [3.05, 3.63) is 52.1 Å². The zero-order chi connectivity index (χ0) is 22.3. The van der Waals surface area contributed by atoms with Crippen LogP contribution in [0.2, 0.25) is 0 Å². The van der Waals surface area contributed by atoms with Gasteiger partial charge in [0.25, 0.3) is 0 Å². The van der Waals surface area contributed by atoms with Crippen LogP contribution in [-0.4, -0.2) is 33.6 Å². The quantitative estimate of drug-likeness (QED) is 0.544. The molecule has 2 aromatic rings. The van der Waals surface area contributed by atoms with Gasteiger partial charge in [0.15, 0.2) is 5.17 Å². The second-order valence-electron chi connectivity index (χ2n) is 8.69. The first-order valence-corrected chi connectivity index (χ1v) is 11.4. The molecular formula is C24H29N3O3S. The molecule has 1 saturated heterocycles. The van der Waals surface area contributed by atoms with E-state index >= 15 is 0 Å². The highest BCUT2D eigenvalue weighted by atomic mass is 32.2. The predicted octanol–water partition coefficient (Wildman–Crippen LogP) is 4.64. The molecule has 4 rings (SSSR count). The molecule has 0 spiro atoms. The number of hydrogen-bond donors (Lipinski definition) is 4. The molecule has 2 aliphatic rings. The number of phenols is 1. The lowest BCUT2D eigenvalue weighted by Crippen LogP contribution is -2.42. The Morgan fingerprint density at radius 2 is 1.87 bits per heavy atom. The Hall–Kier alpha value is -2.67. The van der Waals surface area contributed by atoms with Crippen LogP contribution in [0, 0.1) is 31.6 Å². The third-order valence-corrected chi connectivity index (χ3v) is 7.34. The summed E-state index contributed by atoms with van der Waals surface area (Å²) in [5, 5.41) is 29.0. The van der Waals surface area contributed by atoms with Gasteiger partial charge in [-0.05, 0) is 81.3 Å². The van der Waals surface area contributed by atoms with Gasteiger partial charge in [-0.25, -0.2) is 0 Å². The molecule has 31 heavy (non-hydrogen) atoms. The van der Waals surface area contributed by atoms with Gasteiger partial charge in [0, 0.05) is 5.56 Å². The van der Waals surface area contributed by atoms with Crippen LogP contribution in [-0.2, 0) is 12.8 Å². The lowest BCUT2D eigenvalue weighted by atomic mass is 9.87. The van der Waals surface area contributed by atoms with E-state index in [1.54, 1.807) is 0 Å². The minimum atomic E-state index is -0.437. The van der Waals surface area contributed by atoms with Gasteiger partial charge in [0.2, 0.25) is 0 Å². The molecule has 2 unspecified atom stereocenters. The number of thioether (sulfide) groups is 1. The smallest absolute Gasteiger partial charge is 0.159 e. The summed E-state index contributed by atoms with van der Waals surface area (Å²) in [5.74, 6) is 2.44. The summed E-state index contributed by atoms with van der Waals surface area (Å²) < 4.78 is 12.5. The van der Waals surface area contributed by atoms with Crippen molar-refractivity contribution in [3.63, 3.8) is 0 Å². The van der Waals surface area contributed by atoms with Gasteiger partial charge in [-0.15, -0.1) is 0 Å². The number of hydrogen-bond acceptors (Lipinski definition) is 6. The zero-order valence-corrected chi connectivity index (χ0v) is 19.2. The fourth-order valence-corrected chi connectivity index (χ4v) is 5.05. The number of aromatic hydroxyl groups is 1. The number of nitrogens with one attached hydrogen (secondary N) is 3. The molecule has 0 saturated carbocycles. The molecule has 2 aliphatic heterocycles. The fourth-order valence-electron chi connectivity index (χ4n) is 4.15. The fraction of sp³-hybridized carbons (Fsp3) is 0.417. The van der Waals surface area contributed by atoms with E-state index in [0.717, 1.165) is 52.2 Å². The highest BCUT2D eigenvalue weighted by Crippen LogP contribution is 2.43. The molecule has 0 bridgehead atoms. The lowest BCUT2D eigenvalue weighted by Gasteiger charge is -2.37. The van der Waals surface area contributed by atoms with E-state index in [1.165, 1.54) is 11.8 Å². The summed E-state index contributed by atoms with van der Waals surface area (Å²) in [5.41, 5.74) is 4.55. The molecule has 2 atom stereocenters. The van der Waals surface area contributed by atoms with Crippen LogP contribution in [0.25, 0.3) is 0 Å². The standard InChI is InChI=1S/C24H29N3O3S/c1-13-14(2)21-18(15(3)20(13)28)9-10-24(4,30-21)12-29-17-7-5-16(6-8-17)11-19-22(25)27-23(26)31-19/h5-8,19,28H,9-12H2,1-4H3,(H3,25,26,27). The maximum absolute atomic E-state index is 10.4. The summed E-state index contributed by atoms with van der Waals surface area (Å²) in [6.45, 7) is 8.39. The largest absolute Gasteiger partial charge is 0.507 e. The van der Waals surface area contributed by atoms with Gasteiger partial charge in [-0.3, -0.25) is 10.8 Å². The van der Waals surface area contributed by atoms with Crippen LogP contribution in [0.15, 0.2) is 24.3 Å². The number of benzene rings is 2. The highest BCUT2D eigenvalue weighted by Gasteiger charge is 2.35. The summed E-state index contributed by atoms with van der Waals surface area (Å²) in [6.07, 6.45) is 2.38. The third-order valence-electron chi connectivity index (χ3n) is 6.31. The maximum Gasteiger partial charge on any atom is 0.159 e. The van der Waals surface area contributed by atoms with Gasteiger partial charge in [-0.2, -0.15) is 0 Å². The van der Waals surface area contributed by atoms with E-state index < -0.39 is 5.60 Å². The maximum atomic E-state index is 10.4. The van der Waals surface area contributed by atoms with Crippen molar-refractivity contribution < 1.29 is 14.6 Å². The molecule has 7 heteroatoms. The Labute approximate surface area is 187 Å². The van der Waals surface area contributed by atoms with Crippen molar-refractivity contribution in [2.75, 3.05) is 6.61 Å². The average Bonchev–Trinajstić information content (AvgIpc) is 3.06. The van der Waals surface area contributed by atoms with Crippen LogP contribution >= 0.6 is 11.8 Å². The molecule has 2 heterocycles. The normalized spacial score (nSPS) is 22.6. The first kappa shape index (κ1) is 21.6. The Bertz CT molecular complexity index is 1050. The van der Waals surface area contributed by atoms with Crippen molar-refractivity contribution in [1.29, 1.82) is 10.8 Å². The summed E-state index contributed by atoms with van der Waals surface area (Å²) >= 11 is 1.38. The van der Waals surface area contributed by atoms with E-state index in [1.807, 2.05) is 45.0 Å². The van der Waals surface area contributed by atoms with Crippen LogP contribution in [0.5, 0.6) is 17.2 Å². The third kappa shape index (κ3) is 4.24. The lowest BCUT2D eigenvalue weighted by molar-refractivity contribution is 0.0166. The second-order valence-corrected chi connectivity index (χ2v) is 9.91. The first-order valence-electron chi connectivity index (χ1n) is 10.5. The molecule has 0 aromatic heterocycles. The highest BCUT2D eigenvalue weighted by molar-refractivity contribution is 8.15. The number of fused-ring (bicyclic) bond motifs is 1. The molecular weight excluding hydrogens is 410 g/mol. The zero-order valence-electron chi connectivity index (χ0n) is 18.4. The Balaban J connectivity index is 1.41.